The molecule has 3 aromatic carbocycles. The van der Waals surface area contributed by atoms with E-state index in [2.05, 4.69) is 70.9 Å². The Morgan fingerprint density at radius 3 is 2.61 bits per heavy atom. The fourth-order valence-electron chi connectivity index (χ4n) is 4.99. The highest BCUT2D eigenvalue weighted by atomic mass is 16.5. The molecule has 1 saturated heterocycles. The lowest BCUT2D eigenvalue weighted by atomic mass is 10.00. The average molecular weight is 417 g/mol. The molecule has 1 saturated carbocycles. The van der Waals surface area contributed by atoms with Gasteiger partial charge in [-0.3, -0.25) is 0 Å². The Labute approximate surface area is 185 Å². The van der Waals surface area contributed by atoms with Crippen LogP contribution >= 0.6 is 0 Å². The van der Waals surface area contributed by atoms with Gasteiger partial charge in [-0.25, -0.2) is 0 Å². The fraction of sp³-hybridized carbons (Fsp3) is 0.407. The van der Waals surface area contributed by atoms with E-state index in [1.165, 1.54) is 34.9 Å². The van der Waals surface area contributed by atoms with E-state index < -0.39 is 0 Å². The van der Waals surface area contributed by atoms with Crippen LogP contribution < -0.4 is 19.7 Å². The summed E-state index contributed by atoms with van der Waals surface area (Å²) in [5, 5.41) is 6.33. The van der Waals surface area contributed by atoms with Crippen molar-refractivity contribution in [2.75, 3.05) is 31.6 Å². The minimum atomic E-state index is 0.327. The van der Waals surface area contributed by atoms with Crippen LogP contribution in [-0.2, 0) is 6.42 Å². The molecule has 1 unspecified atom stereocenters. The van der Waals surface area contributed by atoms with Crippen molar-refractivity contribution in [2.24, 2.45) is 0 Å². The molecule has 2 aliphatic rings. The zero-order valence-electron chi connectivity index (χ0n) is 18.3. The van der Waals surface area contributed by atoms with Crippen molar-refractivity contribution in [3.8, 4) is 11.5 Å². The number of hydrogen-bond donors (Lipinski definition) is 1. The number of fused-ring (bicyclic) bond motifs is 1. The van der Waals surface area contributed by atoms with Gasteiger partial charge in [0.25, 0.3) is 0 Å². The molecule has 1 aliphatic heterocycles. The molecule has 4 nitrogen and oxygen atoms in total. The van der Waals surface area contributed by atoms with E-state index in [-0.39, 0.29) is 0 Å². The molecule has 162 valence electrons. The smallest absolute Gasteiger partial charge is 0.163 e. The number of anilines is 1. The molecule has 4 heteroatoms. The van der Waals surface area contributed by atoms with Crippen LogP contribution in [-0.4, -0.2) is 38.9 Å². The molecule has 0 radical (unpaired) electrons. The zero-order chi connectivity index (χ0) is 21.0. The van der Waals surface area contributed by atoms with Crippen LogP contribution in [0.15, 0.2) is 60.7 Å². The lowest BCUT2D eigenvalue weighted by Gasteiger charge is -2.36. The van der Waals surface area contributed by atoms with Crippen LogP contribution in [0.5, 0.6) is 11.5 Å². The third-order valence-corrected chi connectivity index (χ3v) is 6.66. The van der Waals surface area contributed by atoms with Gasteiger partial charge in [-0.15, -0.1) is 0 Å². The van der Waals surface area contributed by atoms with Gasteiger partial charge in [0, 0.05) is 37.4 Å². The molecule has 1 N–H and O–H groups in total. The zero-order valence-corrected chi connectivity index (χ0v) is 18.3. The van der Waals surface area contributed by atoms with Gasteiger partial charge in [-0.1, -0.05) is 42.5 Å². The number of hydrogen-bond acceptors (Lipinski definition) is 4. The number of rotatable bonds is 6. The standard InChI is InChI=1S/C27H32N2O2/c1-30-26-13-12-24(18-27(26)31-25-8-4-5-9-25)29-15-14-28-23(19-29)17-20-10-11-21-6-2-3-7-22(21)16-20/h2-3,6-7,10-13,16,18,23,25,28H,4-5,8-9,14-15,17,19H2,1H3. The third-order valence-electron chi connectivity index (χ3n) is 6.66. The minimum Gasteiger partial charge on any atom is -0.493 e. The molecule has 0 aromatic heterocycles. The average Bonchev–Trinajstić information content (AvgIpc) is 3.32. The largest absolute Gasteiger partial charge is 0.493 e. The van der Waals surface area contributed by atoms with Gasteiger partial charge >= 0.3 is 0 Å². The maximum Gasteiger partial charge on any atom is 0.163 e. The summed E-state index contributed by atoms with van der Waals surface area (Å²) in [6.45, 7) is 2.98. The van der Waals surface area contributed by atoms with Gasteiger partial charge < -0.3 is 19.7 Å². The second kappa shape index (κ2) is 9.19. The number of methoxy groups -OCH3 is 1. The van der Waals surface area contributed by atoms with Crippen molar-refractivity contribution in [1.29, 1.82) is 0 Å². The van der Waals surface area contributed by atoms with Crippen molar-refractivity contribution in [2.45, 2.75) is 44.2 Å². The number of nitrogens with one attached hydrogen (secondary N) is 1. The highest BCUT2D eigenvalue weighted by Gasteiger charge is 2.23. The maximum atomic E-state index is 6.32. The molecule has 1 aliphatic carbocycles. The van der Waals surface area contributed by atoms with E-state index in [4.69, 9.17) is 9.47 Å². The summed E-state index contributed by atoms with van der Waals surface area (Å²) in [4.78, 5) is 2.48. The van der Waals surface area contributed by atoms with E-state index in [0.29, 0.717) is 12.1 Å². The van der Waals surface area contributed by atoms with Gasteiger partial charge in [0.1, 0.15) is 0 Å². The highest BCUT2D eigenvalue weighted by Crippen LogP contribution is 2.35. The first-order chi connectivity index (χ1) is 15.3. The molecule has 3 aromatic rings. The summed E-state index contributed by atoms with van der Waals surface area (Å²) in [5.41, 5.74) is 2.61. The fourth-order valence-corrected chi connectivity index (χ4v) is 4.99. The Morgan fingerprint density at radius 1 is 0.935 bits per heavy atom. The van der Waals surface area contributed by atoms with E-state index in [1.807, 2.05) is 0 Å². The van der Waals surface area contributed by atoms with Gasteiger partial charge in [0.15, 0.2) is 11.5 Å². The molecule has 0 amide bonds. The summed E-state index contributed by atoms with van der Waals surface area (Å²) in [5.74, 6) is 1.72. The first kappa shape index (κ1) is 20.2. The van der Waals surface area contributed by atoms with Crippen LogP contribution in [0.4, 0.5) is 5.69 Å². The molecular weight excluding hydrogens is 384 g/mol. The van der Waals surface area contributed by atoms with E-state index >= 15 is 0 Å². The van der Waals surface area contributed by atoms with E-state index in [0.717, 1.165) is 50.4 Å². The number of ether oxygens (including phenoxy) is 2. The molecule has 2 fully saturated rings. The molecule has 0 spiro atoms. The van der Waals surface area contributed by atoms with Crippen LogP contribution in [0.2, 0.25) is 0 Å². The van der Waals surface area contributed by atoms with Crippen molar-refractivity contribution >= 4 is 16.5 Å². The predicted molar refractivity (Wildman–Crippen MR) is 128 cm³/mol. The number of benzene rings is 3. The third kappa shape index (κ3) is 4.64. The van der Waals surface area contributed by atoms with Gasteiger partial charge in [0.05, 0.1) is 13.2 Å². The number of piperazine rings is 1. The van der Waals surface area contributed by atoms with Gasteiger partial charge in [-0.2, -0.15) is 0 Å². The second-order valence-electron chi connectivity index (χ2n) is 8.84. The Kier molecular flexibility index (Phi) is 5.99. The number of nitrogens with zero attached hydrogens (tertiary/aromatic N) is 1. The van der Waals surface area contributed by atoms with Crippen LogP contribution in [0, 0.1) is 0 Å². The Hall–Kier alpha value is -2.72. The van der Waals surface area contributed by atoms with Crippen LogP contribution in [0.25, 0.3) is 10.8 Å². The summed E-state index contributed by atoms with van der Waals surface area (Å²) in [6, 6.07) is 22.2. The quantitative estimate of drug-likeness (QED) is 0.600. The maximum absolute atomic E-state index is 6.32. The van der Waals surface area contributed by atoms with E-state index in [9.17, 15) is 0 Å². The van der Waals surface area contributed by atoms with E-state index in [1.54, 1.807) is 7.11 Å². The van der Waals surface area contributed by atoms with Gasteiger partial charge in [0.2, 0.25) is 0 Å². The monoisotopic (exact) mass is 416 g/mol. The molecule has 0 bridgehead atoms. The van der Waals surface area contributed by atoms with Crippen molar-refractivity contribution < 1.29 is 9.47 Å². The van der Waals surface area contributed by atoms with Crippen molar-refractivity contribution in [3.05, 3.63) is 66.2 Å². The van der Waals surface area contributed by atoms with Crippen molar-refractivity contribution in [3.63, 3.8) is 0 Å². The molecule has 31 heavy (non-hydrogen) atoms. The van der Waals surface area contributed by atoms with Crippen molar-refractivity contribution in [1.82, 2.24) is 5.32 Å². The van der Waals surface area contributed by atoms with Crippen LogP contribution in [0.1, 0.15) is 31.2 Å². The first-order valence-electron chi connectivity index (χ1n) is 11.6. The molecule has 1 heterocycles. The predicted octanol–water partition coefficient (Wildman–Crippen LogP) is 5.19. The summed E-state index contributed by atoms with van der Waals surface area (Å²) in [6.07, 6.45) is 6.18. The lowest BCUT2D eigenvalue weighted by Crippen LogP contribution is -2.51. The van der Waals surface area contributed by atoms with Crippen LogP contribution in [0.3, 0.4) is 0 Å². The Balaban J connectivity index is 1.30. The minimum absolute atomic E-state index is 0.327. The summed E-state index contributed by atoms with van der Waals surface area (Å²) < 4.78 is 11.9. The highest BCUT2D eigenvalue weighted by molar-refractivity contribution is 5.83. The van der Waals surface area contributed by atoms with Gasteiger partial charge in [-0.05, 0) is 60.6 Å². The second-order valence-corrected chi connectivity index (χ2v) is 8.84. The molecule has 1 atom stereocenters. The topological polar surface area (TPSA) is 33.7 Å². The first-order valence-corrected chi connectivity index (χ1v) is 11.6. The molecule has 5 rings (SSSR count). The summed E-state index contributed by atoms with van der Waals surface area (Å²) in [7, 11) is 1.72. The summed E-state index contributed by atoms with van der Waals surface area (Å²) >= 11 is 0. The Bertz CT molecular complexity index is 1030. The molecular formula is C27H32N2O2. The SMILES string of the molecule is COc1ccc(N2CCNC(Cc3ccc4ccccc4c3)C2)cc1OC1CCCC1. The lowest BCUT2D eigenvalue weighted by molar-refractivity contribution is 0.201. The normalized spacial score (nSPS) is 19.6. The Morgan fingerprint density at radius 2 is 1.77 bits per heavy atom.